The van der Waals surface area contributed by atoms with Gasteiger partial charge in [-0.05, 0) is 44.9 Å². The molecule has 1 atom stereocenters. The third kappa shape index (κ3) is 4.15. The van der Waals surface area contributed by atoms with Crippen LogP contribution in [-0.4, -0.2) is 16.1 Å². The van der Waals surface area contributed by atoms with Crippen molar-refractivity contribution in [3.8, 4) is 5.88 Å². The van der Waals surface area contributed by atoms with E-state index in [9.17, 15) is 4.39 Å². The quantitative estimate of drug-likeness (QED) is 0.907. The normalized spacial score (nSPS) is 12.3. The lowest BCUT2D eigenvalue weighted by Crippen LogP contribution is -2.10. The van der Waals surface area contributed by atoms with Gasteiger partial charge in [0.2, 0.25) is 5.88 Å². The van der Waals surface area contributed by atoms with Crippen LogP contribution in [0.4, 0.5) is 10.2 Å². The molecule has 0 spiro atoms. The zero-order valence-electron chi connectivity index (χ0n) is 12.7. The van der Waals surface area contributed by atoms with Crippen molar-refractivity contribution < 1.29 is 9.13 Å². The van der Waals surface area contributed by atoms with Gasteiger partial charge in [0, 0.05) is 6.07 Å². The van der Waals surface area contributed by atoms with Crippen LogP contribution in [0.3, 0.4) is 0 Å². The summed E-state index contributed by atoms with van der Waals surface area (Å²) in [5.74, 6) is 0.964. The van der Waals surface area contributed by atoms with E-state index in [1.54, 1.807) is 25.1 Å². The molecule has 1 aromatic heterocycles. The van der Waals surface area contributed by atoms with Crippen molar-refractivity contribution in [2.75, 3.05) is 5.32 Å². The molecule has 1 unspecified atom stereocenters. The van der Waals surface area contributed by atoms with Crippen LogP contribution in [0, 0.1) is 12.7 Å². The van der Waals surface area contributed by atoms with Crippen molar-refractivity contribution in [3.63, 3.8) is 0 Å². The minimum atomic E-state index is -0.201. The Balaban J connectivity index is 2.11. The van der Waals surface area contributed by atoms with E-state index in [4.69, 9.17) is 4.74 Å². The third-order valence-electron chi connectivity index (χ3n) is 3.06. The molecule has 0 aliphatic carbocycles. The first-order chi connectivity index (χ1) is 9.95. The number of aromatic nitrogens is 2. The van der Waals surface area contributed by atoms with E-state index < -0.39 is 0 Å². The molecule has 0 aliphatic rings. The Morgan fingerprint density at radius 3 is 2.57 bits per heavy atom. The first-order valence-electron chi connectivity index (χ1n) is 6.97. The molecule has 2 aromatic rings. The fourth-order valence-corrected chi connectivity index (χ4v) is 1.91. The van der Waals surface area contributed by atoms with Gasteiger partial charge in [0.1, 0.15) is 18.0 Å². The number of nitrogens with one attached hydrogen (secondary N) is 1. The Morgan fingerprint density at radius 2 is 1.90 bits per heavy atom. The van der Waals surface area contributed by atoms with Gasteiger partial charge in [0.15, 0.2) is 0 Å². The van der Waals surface area contributed by atoms with Crippen molar-refractivity contribution in [3.05, 3.63) is 47.5 Å². The van der Waals surface area contributed by atoms with Gasteiger partial charge in [-0.25, -0.2) is 14.4 Å². The zero-order chi connectivity index (χ0) is 15.4. The number of nitrogens with zero attached hydrogens (tertiary/aromatic N) is 2. The number of aryl methyl sites for hydroxylation is 1. The molecule has 0 saturated carbocycles. The van der Waals surface area contributed by atoms with Crippen LogP contribution < -0.4 is 10.1 Å². The summed E-state index contributed by atoms with van der Waals surface area (Å²) in [4.78, 5) is 8.21. The Kier molecular flexibility index (Phi) is 4.73. The second-order valence-corrected chi connectivity index (χ2v) is 5.28. The van der Waals surface area contributed by atoms with Crippen molar-refractivity contribution in [2.45, 2.75) is 39.8 Å². The largest absolute Gasteiger partial charge is 0.475 e. The smallest absolute Gasteiger partial charge is 0.218 e. The van der Waals surface area contributed by atoms with E-state index in [0.717, 1.165) is 5.56 Å². The number of hydrogen-bond donors (Lipinski definition) is 1. The molecule has 0 saturated heterocycles. The molecule has 1 N–H and O–H groups in total. The van der Waals surface area contributed by atoms with Crippen LogP contribution in [-0.2, 0) is 0 Å². The molecule has 5 heteroatoms. The summed E-state index contributed by atoms with van der Waals surface area (Å²) in [6.45, 7) is 7.58. The van der Waals surface area contributed by atoms with Gasteiger partial charge in [-0.2, -0.15) is 0 Å². The van der Waals surface area contributed by atoms with Crippen LogP contribution in [0.5, 0.6) is 5.88 Å². The number of rotatable bonds is 5. The third-order valence-corrected chi connectivity index (χ3v) is 3.06. The van der Waals surface area contributed by atoms with Gasteiger partial charge in [0.25, 0.3) is 0 Å². The molecular weight excluding hydrogens is 269 g/mol. The summed E-state index contributed by atoms with van der Waals surface area (Å²) in [6, 6.07) is 6.89. The van der Waals surface area contributed by atoms with E-state index in [1.165, 1.54) is 6.33 Å². The highest BCUT2D eigenvalue weighted by Gasteiger charge is 2.09. The van der Waals surface area contributed by atoms with Crippen molar-refractivity contribution in [1.29, 1.82) is 0 Å². The summed E-state index contributed by atoms with van der Waals surface area (Å²) in [5.41, 5.74) is 1.50. The van der Waals surface area contributed by atoms with Crippen LogP contribution in [0.1, 0.15) is 37.9 Å². The number of benzene rings is 1. The maximum Gasteiger partial charge on any atom is 0.218 e. The molecule has 0 bridgehead atoms. The van der Waals surface area contributed by atoms with Gasteiger partial charge < -0.3 is 10.1 Å². The summed E-state index contributed by atoms with van der Waals surface area (Å²) in [5, 5.41) is 3.22. The molecule has 112 valence electrons. The SMILES string of the molecule is Cc1ccc(C(C)Nc2cc(OC(C)C)ncn2)cc1F. The standard InChI is InChI=1S/C16H20FN3O/c1-10(2)21-16-8-15(18-9-19-16)20-12(4)13-6-5-11(3)14(17)7-13/h5-10,12H,1-4H3,(H,18,19,20). The molecule has 0 aliphatic heterocycles. The van der Waals surface area contributed by atoms with Crippen molar-refractivity contribution in [2.24, 2.45) is 0 Å². The molecule has 1 heterocycles. The molecular formula is C16H20FN3O. The maximum atomic E-state index is 13.6. The fourth-order valence-electron chi connectivity index (χ4n) is 1.91. The van der Waals surface area contributed by atoms with E-state index in [-0.39, 0.29) is 18.0 Å². The van der Waals surface area contributed by atoms with Crippen LogP contribution in [0.25, 0.3) is 0 Å². The van der Waals surface area contributed by atoms with Gasteiger partial charge in [-0.15, -0.1) is 0 Å². The fraction of sp³-hybridized carbons (Fsp3) is 0.375. The lowest BCUT2D eigenvalue weighted by molar-refractivity contribution is 0.232. The van der Waals surface area contributed by atoms with Gasteiger partial charge in [-0.3, -0.25) is 0 Å². The molecule has 0 radical (unpaired) electrons. The second-order valence-electron chi connectivity index (χ2n) is 5.28. The van der Waals surface area contributed by atoms with E-state index in [1.807, 2.05) is 26.8 Å². The minimum absolute atomic E-state index is 0.0522. The number of ether oxygens (including phenoxy) is 1. The number of anilines is 1. The van der Waals surface area contributed by atoms with E-state index in [2.05, 4.69) is 15.3 Å². The molecule has 1 aromatic carbocycles. The van der Waals surface area contributed by atoms with Crippen LogP contribution in [0.15, 0.2) is 30.6 Å². The van der Waals surface area contributed by atoms with Crippen LogP contribution >= 0.6 is 0 Å². The minimum Gasteiger partial charge on any atom is -0.475 e. The van der Waals surface area contributed by atoms with Crippen molar-refractivity contribution in [1.82, 2.24) is 9.97 Å². The molecule has 4 nitrogen and oxygen atoms in total. The predicted molar refractivity (Wildman–Crippen MR) is 81.0 cm³/mol. The van der Waals surface area contributed by atoms with E-state index >= 15 is 0 Å². The Morgan fingerprint density at radius 1 is 1.14 bits per heavy atom. The first-order valence-corrected chi connectivity index (χ1v) is 6.97. The zero-order valence-corrected chi connectivity index (χ0v) is 12.7. The monoisotopic (exact) mass is 289 g/mol. The average Bonchev–Trinajstić information content (AvgIpc) is 2.41. The highest BCUT2D eigenvalue weighted by atomic mass is 19.1. The Hall–Kier alpha value is -2.17. The Labute approximate surface area is 124 Å². The average molecular weight is 289 g/mol. The number of hydrogen-bond acceptors (Lipinski definition) is 4. The van der Waals surface area contributed by atoms with Crippen molar-refractivity contribution >= 4 is 5.82 Å². The van der Waals surface area contributed by atoms with Crippen LogP contribution in [0.2, 0.25) is 0 Å². The molecule has 0 fully saturated rings. The van der Waals surface area contributed by atoms with E-state index in [0.29, 0.717) is 17.3 Å². The summed E-state index contributed by atoms with van der Waals surface area (Å²) < 4.78 is 19.1. The summed E-state index contributed by atoms with van der Waals surface area (Å²) in [6.07, 6.45) is 1.50. The lowest BCUT2D eigenvalue weighted by Gasteiger charge is -2.16. The second kappa shape index (κ2) is 6.52. The van der Waals surface area contributed by atoms with Gasteiger partial charge >= 0.3 is 0 Å². The molecule has 2 rings (SSSR count). The highest BCUT2D eigenvalue weighted by Crippen LogP contribution is 2.21. The molecule has 0 amide bonds. The predicted octanol–water partition coefficient (Wildman–Crippen LogP) is 3.88. The lowest BCUT2D eigenvalue weighted by atomic mass is 10.1. The molecule has 21 heavy (non-hydrogen) atoms. The summed E-state index contributed by atoms with van der Waals surface area (Å²) in [7, 11) is 0. The van der Waals surface area contributed by atoms with Gasteiger partial charge in [-0.1, -0.05) is 12.1 Å². The maximum absolute atomic E-state index is 13.6. The topological polar surface area (TPSA) is 47.0 Å². The highest BCUT2D eigenvalue weighted by molar-refractivity contribution is 5.40. The van der Waals surface area contributed by atoms with Gasteiger partial charge in [0.05, 0.1) is 12.1 Å². The first kappa shape index (κ1) is 15.2. The Bertz CT molecular complexity index is 616. The summed E-state index contributed by atoms with van der Waals surface area (Å²) >= 11 is 0. The number of halogens is 1.